The molecule has 1 aliphatic heterocycles. The second-order valence-electron chi connectivity index (χ2n) is 8.18. The van der Waals surface area contributed by atoms with E-state index in [1.807, 2.05) is 32.0 Å². The largest absolute Gasteiger partial charge is 0.495 e. The van der Waals surface area contributed by atoms with E-state index >= 15 is 0 Å². The van der Waals surface area contributed by atoms with Gasteiger partial charge in [0.25, 0.3) is 0 Å². The number of nitrogens with one attached hydrogen (secondary N) is 1. The van der Waals surface area contributed by atoms with Gasteiger partial charge >= 0.3 is 0 Å². The van der Waals surface area contributed by atoms with Crippen molar-refractivity contribution in [1.29, 1.82) is 0 Å². The maximum Gasteiger partial charge on any atom is 0.246 e. The quantitative estimate of drug-likeness (QED) is 0.628. The summed E-state index contributed by atoms with van der Waals surface area (Å²) >= 11 is 0. The fourth-order valence-corrected chi connectivity index (χ4v) is 5.73. The van der Waals surface area contributed by atoms with Crippen LogP contribution in [0.2, 0.25) is 0 Å². The summed E-state index contributed by atoms with van der Waals surface area (Å²) in [6, 6.07) is 10.4. The van der Waals surface area contributed by atoms with Crippen LogP contribution in [0, 0.1) is 12.8 Å². The van der Waals surface area contributed by atoms with Crippen LogP contribution in [0.3, 0.4) is 0 Å². The average Bonchev–Trinajstić information content (AvgIpc) is 2.83. The number of carbonyl (C=O) groups excluding carboxylic acids is 1. The highest BCUT2D eigenvalue weighted by molar-refractivity contribution is 7.89. The molecule has 1 amide bonds. The standard InChI is InChI=1S/C24H32N2O6S/c1-16-6-8-21(31-4)23(14-16)33(28,29)26-12-10-18(11-13-26)24(27)25-17(2)19-7-9-20(30-3)22(15-19)32-5/h6-9,14-15,17-18H,10-13H2,1-5H3,(H,25,27)/t17-/m0/s1. The maximum atomic E-state index is 13.2. The van der Waals surface area contributed by atoms with Gasteiger partial charge in [-0.2, -0.15) is 4.31 Å². The Labute approximate surface area is 195 Å². The highest BCUT2D eigenvalue weighted by Gasteiger charge is 2.34. The first-order valence-electron chi connectivity index (χ1n) is 10.9. The van der Waals surface area contributed by atoms with Gasteiger partial charge in [0.15, 0.2) is 11.5 Å². The summed E-state index contributed by atoms with van der Waals surface area (Å²) in [5.41, 5.74) is 1.74. The Bertz CT molecular complexity index is 1090. The van der Waals surface area contributed by atoms with E-state index in [-0.39, 0.29) is 35.9 Å². The number of sulfonamides is 1. The van der Waals surface area contributed by atoms with Crippen molar-refractivity contribution in [3.63, 3.8) is 0 Å². The lowest BCUT2D eigenvalue weighted by Gasteiger charge is -2.31. The Hall–Kier alpha value is -2.78. The van der Waals surface area contributed by atoms with Crippen LogP contribution in [0.1, 0.15) is 36.9 Å². The van der Waals surface area contributed by atoms with Crippen LogP contribution in [0.15, 0.2) is 41.3 Å². The van der Waals surface area contributed by atoms with Gasteiger partial charge in [0, 0.05) is 19.0 Å². The van der Waals surface area contributed by atoms with Crippen LogP contribution in [0.25, 0.3) is 0 Å². The first-order valence-corrected chi connectivity index (χ1v) is 12.3. The third-order valence-corrected chi connectivity index (χ3v) is 7.95. The predicted octanol–water partition coefficient (Wildman–Crippen LogP) is 3.30. The molecule has 1 heterocycles. The van der Waals surface area contributed by atoms with Gasteiger partial charge in [-0.25, -0.2) is 8.42 Å². The zero-order valence-electron chi connectivity index (χ0n) is 19.8. The third-order valence-electron chi connectivity index (χ3n) is 6.03. The molecule has 2 aromatic rings. The molecule has 0 saturated carbocycles. The number of methoxy groups -OCH3 is 3. The van der Waals surface area contributed by atoms with Crippen molar-refractivity contribution >= 4 is 15.9 Å². The van der Waals surface area contributed by atoms with E-state index in [0.717, 1.165) is 11.1 Å². The van der Waals surface area contributed by atoms with E-state index in [4.69, 9.17) is 14.2 Å². The summed E-state index contributed by atoms with van der Waals surface area (Å²) < 4.78 is 43.7. The number of hydrogen-bond donors (Lipinski definition) is 1. The highest BCUT2D eigenvalue weighted by Crippen LogP contribution is 2.32. The molecule has 2 aromatic carbocycles. The summed E-state index contributed by atoms with van der Waals surface area (Å²) in [4.78, 5) is 13.0. The number of rotatable bonds is 8. The van der Waals surface area contributed by atoms with Crippen molar-refractivity contribution in [3.8, 4) is 17.2 Å². The molecular formula is C24H32N2O6S. The zero-order valence-corrected chi connectivity index (χ0v) is 20.6. The van der Waals surface area contributed by atoms with Gasteiger partial charge in [-0.3, -0.25) is 4.79 Å². The van der Waals surface area contributed by atoms with Gasteiger partial charge in [-0.05, 0) is 62.1 Å². The molecule has 0 aromatic heterocycles. The molecule has 0 unspecified atom stereocenters. The molecule has 0 aliphatic carbocycles. The summed E-state index contributed by atoms with van der Waals surface area (Å²) in [5, 5.41) is 3.04. The number of benzene rings is 2. The fourth-order valence-electron chi connectivity index (χ4n) is 4.02. The Balaban J connectivity index is 1.64. The SMILES string of the molecule is COc1ccc([C@H](C)NC(=O)C2CCN(S(=O)(=O)c3cc(C)ccc3OC)CC2)cc1OC. The number of carbonyl (C=O) groups is 1. The van der Waals surface area contributed by atoms with Gasteiger partial charge in [0.1, 0.15) is 10.6 Å². The van der Waals surface area contributed by atoms with E-state index in [0.29, 0.717) is 30.1 Å². The minimum atomic E-state index is -3.71. The van der Waals surface area contributed by atoms with Crippen LogP contribution in [-0.4, -0.2) is 53.0 Å². The molecule has 3 rings (SSSR count). The molecule has 33 heavy (non-hydrogen) atoms. The van der Waals surface area contributed by atoms with Crippen molar-refractivity contribution in [2.75, 3.05) is 34.4 Å². The van der Waals surface area contributed by atoms with Crippen molar-refractivity contribution in [2.45, 2.75) is 37.6 Å². The molecule has 1 atom stereocenters. The monoisotopic (exact) mass is 476 g/mol. The average molecular weight is 477 g/mol. The first kappa shape index (κ1) is 24.9. The summed E-state index contributed by atoms with van der Waals surface area (Å²) in [5.74, 6) is 1.21. The van der Waals surface area contributed by atoms with E-state index in [9.17, 15) is 13.2 Å². The number of piperidine rings is 1. The van der Waals surface area contributed by atoms with Crippen molar-refractivity contribution in [2.24, 2.45) is 5.92 Å². The molecular weight excluding hydrogens is 444 g/mol. The topological polar surface area (TPSA) is 94.2 Å². The zero-order chi connectivity index (χ0) is 24.2. The van der Waals surface area contributed by atoms with Gasteiger partial charge in [-0.1, -0.05) is 12.1 Å². The summed E-state index contributed by atoms with van der Waals surface area (Å²) in [6.07, 6.45) is 0.912. The van der Waals surface area contributed by atoms with Crippen molar-refractivity contribution < 1.29 is 27.4 Å². The third kappa shape index (κ3) is 5.42. The fraction of sp³-hybridized carbons (Fsp3) is 0.458. The summed E-state index contributed by atoms with van der Waals surface area (Å²) in [6.45, 7) is 4.31. The number of hydrogen-bond acceptors (Lipinski definition) is 6. The van der Waals surface area contributed by atoms with Crippen LogP contribution < -0.4 is 19.5 Å². The van der Waals surface area contributed by atoms with Crippen molar-refractivity contribution in [3.05, 3.63) is 47.5 Å². The molecule has 9 heteroatoms. The smallest absolute Gasteiger partial charge is 0.246 e. The minimum Gasteiger partial charge on any atom is -0.495 e. The number of nitrogens with zero attached hydrogens (tertiary/aromatic N) is 1. The van der Waals surface area contributed by atoms with E-state index in [2.05, 4.69) is 5.32 Å². The first-order chi connectivity index (χ1) is 15.7. The van der Waals surface area contributed by atoms with Crippen LogP contribution in [0.4, 0.5) is 0 Å². The second kappa shape index (κ2) is 10.4. The van der Waals surface area contributed by atoms with E-state index < -0.39 is 10.0 Å². The summed E-state index contributed by atoms with van der Waals surface area (Å²) in [7, 11) is 0.894. The van der Waals surface area contributed by atoms with Crippen LogP contribution in [-0.2, 0) is 14.8 Å². The van der Waals surface area contributed by atoms with Crippen LogP contribution >= 0.6 is 0 Å². The molecule has 180 valence electrons. The normalized spacial score (nSPS) is 16.2. The Morgan fingerprint density at radius 1 is 0.970 bits per heavy atom. The van der Waals surface area contributed by atoms with Crippen LogP contribution in [0.5, 0.6) is 17.2 Å². The molecule has 0 radical (unpaired) electrons. The highest BCUT2D eigenvalue weighted by atomic mass is 32.2. The van der Waals surface area contributed by atoms with E-state index in [1.165, 1.54) is 11.4 Å². The number of aryl methyl sites for hydroxylation is 1. The molecule has 8 nitrogen and oxygen atoms in total. The van der Waals surface area contributed by atoms with Gasteiger partial charge in [-0.15, -0.1) is 0 Å². The lowest BCUT2D eigenvalue weighted by Crippen LogP contribution is -2.43. The Morgan fingerprint density at radius 2 is 1.58 bits per heavy atom. The Morgan fingerprint density at radius 3 is 2.18 bits per heavy atom. The molecule has 0 spiro atoms. The van der Waals surface area contributed by atoms with Gasteiger partial charge in [0.2, 0.25) is 15.9 Å². The van der Waals surface area contributed by atoms with E-state index in [1.54, 1.807) is 32.4 Å². The maximum absolute atomic E-state index is 13.2. The molecule has 1 fully saturated rings. The molecule has 1 N–H and O–H groups in total. The van der Waals surface area contributed by atoms with Gasteiger partial charge < -0.3 is 19.5 Å². The van der Waals surface area contributed by atoms with Gasteiger partial charge in [0.05, 0.1) is 27.4 Å². The molecule has 1 saturated heterocycles. The lowest BCUT2D eigenvalue weighted by atomic mass is 9.96. The predicted molar refractivity (Wildman–Crippen MR) is 125 cm³/mol. The second-order valence-corrected chi connectivity index (χ2v) is 10.1. The Kier molecular flexibility index (Phi) is 7.86. The number of amides is 1. The number of ether oxygens (including phenoxy) is 3. The molecule has 1 aliphatic rings. The minimum absolute atomic E-state index is 0.0810. The lowest BCUT2D eigenvalue weighted by molar-refractivity contribution is -0.126. The molecule has 0 bridgehead atoms. The van der Waals surface area contributed by atoms with Crippen molar-refractivity contribution in [1.82, 2.24) is 9.62 Å².